The van der Waals surface area contributed by atoms with E-state index >= 15 is 0 Å². The van der Waals surface area contributed by atoms with Gasteiger partial charge in [-0.15, -0.1) is 0 Å². The molecule has 0 saturated heterocycles. The molecule has 1 fully saturated rings. The molecule has 1 aromatic rings. The first-order chi connectivity index (χ1) is 15.4. The first-order valence-electron chi connectivity index (χ1n) is 10.2. The lowest BCUT2D eigenvalue weighted by Gasteiger charge is -2.22. The zero-order chi connectivity index (χ0) is 23.1. The van der Waals surface area contributed by atoms with Crippen LogP contribution in [0.4, 0.5) is 0 Å². The summed E-state index contributed by atoms with van der Waals surface area (Å²) in [7, 11) is 2.91. The molecule has 1 aliphatic carbocycles. The molecule has 1 heterocycles. The predicted octanol–water partition coefficient (Wildman–Crippen LogP) is 1.93. The number of benzene rings is 1. The number of carbonyl (C=O) groups is 3. The van der Waals surface area contributed by atoms with E-state index in [1.807, 2.05) is 0 Å². The minimum absolute atomic E-state index is 0.0694. The van der Waals surface area contributed by atoms with E-state index in [4.69, 9.17) is 14.9 Å². The molecular weight excluding hydrogens is 434 g/mol. The lowest BCUT2D eigenvalue weighted by Crippen LogP contribution is -2.44. The molecule has 0 atom stereocenters. The van der Waals surface area contributed by atoms with E-state index in [1.54, 1.807) is 6.07 Å². The molecule has 0 bridgehead atoms. The predicted molar refractivity (Wildman–Crippen MR) is 122 cm³/mol. The minimum Gasteiger partial charge on any atom is -0.493 e. The Morgan fingerprint density at radius 1 is 1.22 bits per heavy atom. The molecule has 32 heavy (non-hydrogen) atoms. The third-order valence-corrected chi connectivity index (χ3v) is 5.90. The normalized spacial score (nSPS) is 18.1. The second-order valence-electron chi connectivity index (χ2n) is 7.25. The van der Waals surface area contributed by atoms with Crippen molar-refractivity contribution in [3.8, 4) is 11.5 Å². The van der Waals surface area contributed by atoms with Crippen molar-refractivity contribution in [2.24, 2.45) is 9.98 Å². The molecule has 0 radical (unpaired) electrons. The Bertz CT molecular complexity index is 985. The summed E-state index contributed by atoms with van der Waals surface area (Å²) in [6, 6.07) is 4.65. The molecule has 3 N–H and O–H groups in total. The Kier molecular flexibility index (Phi) is 7.98. The number of aliphatic imine (C=N–C) groups is 2. The molecule has 3 rings (SSSR count). The van der Waals surface area contributed by atoms with Gasteiger partial charge in [0.1, 0.15) is 0 Å². The summed E-state index contributed by atoms with van der Waals surface area (Å²) in [5.41, 5.74) is -0.236. The van der Waals surface area contributed by atoms with E-state index in [2.05, 4.69) is 20.6 Å². The lowest BCUT2D eigenvalue weighted by molar-refractivity contribution is -0.119. The maximum absolute atomic E-state index is 12.5. The fraction of sp³-hybridized carbons (Fsp3) is 0.429. The smallest absolute Gasteiger partial charge is 0.279 e. The molecule has 0 spiro atoms. The monoisotopic (exact) mass is 459 g/mol. The van der Waals surface area contributed by atoms with Crippen LogP contribution in [0, 0.1) is 5.41 Å². The van der Waals surface area contributed by atoms with Crippen LogP contribution in [0.2, 0.25) is 0 Å². The Balaban J connectivity index is 1.62. The summed E-state index contributed by atoms with van der Waals surface area (Å²) < 4.78 is 10.3. The van der Waals surface area contributed by atoms with Crippen molar-refractivity contribution in [3.05, 3.63) is 23.8 Å². The van der Waals surface area contributed by atoms with Crippen molar-refractivity contribution in [1.29, 1.82) is 5.41 Å². The van der Waals surface area contributed by atoms with Gasteiger partial charge in [0.25, 0.3) is 11.8 Å². The SMILES string of the molecule is COc1ccc(C(=O)N=C2C(=N)N=C(SCC(=O)NC3CCCCC3)NC2=O)cc1OC. The maximum Gasteiger partial charge on any atom is 0.279 e. The van der Waals surface area contributed by atoms with Crippen LogP contribution in [-0.4, -0.2) is 60.5 Å². The summed E-state index contributed by atoms with van der Waals surface area (Å²) in [5, 5.41) is 13.6. The molecular formula is C21H25N5O5S. The average Bonchev–Trinajstić information content (AvgIpc) is 2.80. The fourth-order valence-electron chi connectivity index (χ4n) is 3.40. The summed E-state index contributed by atoms with van der Waals surface area (Å²) in [6.07, 6.45) is 5.38. The van der Waals surface area contributed by atoms with Crippen molar-refractivity contribution >= 4 is 46.2 Å². The summed E-state index contributed by atoms with van der Waals surface area (Å²) in [6.45, 7) is 0. The highest BCUT2D eigenvalue weighted by Crippen LogP contribution is 2.27. The topological polar surface area (TPSA) is 142 Å². The average molecular weight is 460 g/mol. The number of nitrogens with zero attached hydrogens (tertiary/aromatic N) is 2. The standard InChI is InChI=1S/C21H25N5O5S/c1-30-14-9-8-12(10-15(14)31-2)19(28)24-17-18(22)25-21(26-20(17)29)32-11-16(27)23-13-6-4-3-5-7-13/h8-10,13H,3-7,11H2,1-2H3,(H,23,27)(H2,22,25,26,29). The third kappa shape index (κ3) is 5.94. The van der Waals surface area contributed by atoms with Crippen LogP contribution in [-0.2, 0) is 9.59 Å². The van der Waals surface area contributed by atoms with Crippen molar-refractivity contribution in [1.82, 2.24) is 10.6 Å². The Morgan fingerprint density at radius 2 is 1.94 bits per heavy atom. The molecule has 10 nitrogen and oxygen atoms in total. The Labute approximate surface area is 189 Å². The highest BCUT2D eigenvalue weighted by atomic mass is 32.2. The van der Waals surface area contributed by atoms with E-state index in [0.29, 0.717) is 11.5 Å². The van der Waals surface area contributed by atoms with Crippen molar-refractivity contribution in [3.63, 3.8) is 0 Å². The highest BCUT2D eigenvalue weighted by molar-refractivity contribution is 8.14. The first kappa shape index (κ1) is 23.5. The van der Waals surface area contributed by atoms with Crippen molar-refractivity contribution in [2.45, 2.75) is 38.1 Å². The van der Waals surface area contributed by atoms with E-state index in [1.165, 1.54) is 32.8 Å². The summed E-state index contributed by atoms with van der Waals surface area (Å²) in [5.74, 6) is -1.19. The number of hydrogen-bond donors (Lipinski definition) is 3. The molecule has 0 aromatic heterocycles. The molecule has 0 unspecified atom stereocenters. The highest BCUT2D eigenvalue weighted by Gasteiger charge is 2.27. The number of methoxy groups -OCH3 is 2. The number of amidine groups is 2. The molecule has 170 valence electrons. The minimum atomic E-state index is -0.728. The molecule has 2 aliphatic rings. The van der Waals surface area contributed by atoms with E-state index in [0.717, 1.165) is 37.4 Å². The van der Waals surface area contributed by atoms with Crippen LogP contribution in [0.25, 0.3) is 0 Å². The molecule has 1 saturated carbocycles. The zero-order valence-electron chi connectivity index (χ0n) is 17.9. The molecule has 1 aromatic carbocycles. The number of hydrogen-bond acceptors (Lipinski definition) is 7. The third-order valence-electron chi connectivity index (χ3n) is 5.03. The van der Waals surface area contributed by atoms with Gasteiger partial charge in [0.15, 0.2) is 28.2 Å². The van der Waals surface area contributed by atoms with Gasteiger partial charge in [-0.25, -0.2) is 4.99 Å². The number of thioether (sulfide) groups is 1. The van der Waals surface area contributed by atoms with Gasteiger partial charge in [0, 0.05) is 11.6 Å². The quantitative estimate of drug-likeness (QED) is 0.593. The van der Waals surface area contributed by atoms with Crippen LogP contribution in [0.5, 0.6) is 11.5 Å². The van der Waals surface area contributed by atoms with Crippen LogP contribution in [0.15, 0.2) is 28.2 Å². The lowest BCUT2D eigenvalue weighted by atomic mass is 9.95. The second-order valence-corrected chi connectivity index (χ2v) is 8.21. The molecule has 3 amide bonds. The van der Waals surface area contributed by atoms with Crippen LogP contribution >= 0.6 is 11.8 Å². The van der Waals surface area contributed by atoms with E-state index < -0.39 is 23.4 Å². The maximum atomic E-state index is 12.5. The van der Waals surface area contributed by atoms with Gasteiger partial charge in [0.2, 0.25) is 5.91 Å². The van der Waals surface area contributed by atoms with E-state index in [-0.39, 0.29) is 28.4 Å². The molecule has 11 heteroatoms. The van der Waals surface area contributed by atoms with Gasteiger partial charge in [-0.1, -0.05) is 31.0 Å². The largest absolute Gasteiger partial charge is 0.493 e. The van der Waals surface area contributed by atoms with Gasteiger partial charge in [-0.3, -0.25) is 25.1 Å². The van der Waals surface area contributed by atoms with Crippen LogP contribution in [0.3, 0.4) is 0 Å². The number of ether oxygens (including phenoxy) is 2. The first-order valence-corrected chi connectivity index (χ1v) is 11.2. The Morgan fingerprint density at radius 3 is 2.59 bits per heavy atom. The molecule has 1 aliphatic heterocycles. The number of carbonyl (C=O) groups excluding carboxylic acids is 3. The number of amides is 3. The summed E-state index contributed by atoms with van der Waals surface area (Å²) >= 11 is 1.02. The van der Waals surface area contributed by atoms with Gasteiger partial charge in [-0.05, 0) is 31.0 Å². The van der Waals surface area contributed by atoms with Gasteiger partial charge < -0.3 is 14.8 Å². The fourth-order valence-corrected chi connectivity index (χ4v) is 4.08. The van der Waals surface area contributed by atoms with Crippen LogP contribution in [0.1, 0.15) is 42.5 Å². The van der Waals surface area contributed by atoms with E-state index in [9.17, 15) is 14.4 Å². The van der Waals surface area contributed by atoms with Crippen molar-refractivity contribution in [2.75, 3.05) is 20.0 Å². The number of nitrogens with one attached hydrogen (secondary N) is 3. The van der Waals surface area contributed by atoms with Crippen molar-refractivity contribution < 1.29 is 23.9 Å². The Hall–Kier alpha value is -3.21. The van der Waals surface area contributed by atoms with Gasteiger partial charge in [0.05, 0.1) is 20.0 Å². The van der Waals surface area contributed by atoms with Gasteiger partial charge in [-0.2, -0.15) is 4.99 Å². The zero-order valence-corrected chi connectivity index (χ0v) is 18.7. The number of rotatable bonds is 6. The summed E-state index contributed by atoms with van der Waals surface area (Å²) in [4.78, 5) is 44.7. The van der Waals surface area contributed by atoms with Gasteiger partial charge >= 0.3 is 0 Å². The second kappa shape index (κ2) is 10.9. The van der Waals surface area contributed by atoms with Crippen LogP contribution < -0.4 is 20.1 Å².